The third kappa shape index (κ3) is 10.1. The first-order chi connectivity index (χ1) is 7.62. The van der Waals surface area contributed by atoms with Gasteiger partial charge in [0.25, 0.3) is 0 Å². The summed E-state index contributed by atoms with van der Waals surface area (Å²) in [6, 6.07) is 0. The van der Waals surface area contributed by atoms with Crippen LogP contribution in [0.1, 0.15) is 26.7 Å². The van der Waals surface area contributed by atoms with Crippen LogP contribution >= 0.6 is 21.6 Å². The van der Waals surface area contributed by atoms with Crippen molar-refractivity contribution in [2.75, 3.05) is 0 Å². The Labute approximate surface area is 106 Å². The highest BCUT2D eigenvalue weighted by atomic mass is 33.1. The molecule has 2 unspecified atom stereocenters. The smallest absolute Gasteiger partial charge is 0.231 e. The summed E-state index contributed by atoms with van der Waals surface area (Å²) in [6.45, 7) is 1.09. The largest absolute Gasteiger partial charge is 0.393 e. The van der Waals surface area contributed by atoms with Crippen LogP contribution in [0.2, 0.25) is 0 Å². The van der Waals surface area contributed by atoms with E-state index < -0.39 is 35.2 Å². The molecule has 0 N–H and O–H groups in total. The van der Waals surface area contributed by atoms with E-state index in [0.717, 1.165) is 0 Å². The summed E-state index contributed by atoms with van der Waals surface area (Å²) in [6.07, 6.45) is -13.3. The number of hydrogen-bond acceptors (Lipinski definition) is 2. The van der Waals surface area contributed by atoms with Gasteiger partial charge in [0.1, 0.15) is 0 Å². The summed E-state index contributed by atoms with van der Waals surface area (Å²) in [5.74, 6) is 0. The number of halogens is 8. The van der Waals surface area contributed by atoms with E-state index in [1.54, 1.807) is 0 Å². The second kappa shape index (κ2) is 5.64. The van der Waals surface area contributed by atoms with Crippen LogP contribution in [-0.4, -0.2) is 22.4 Å². The average Bonchev–Trinajstić information content (AvgIpc) is 1.91. The summed E-state index contributed by atoms with van der Waals surface area (Å²) in [4.78, 5) is 0. The topological polar surface area (TPSA) is 0 Å². The van der Waals surface area contributed by atoms with Crippen LogP contribution in [0.25, 0.3) is 0 Å². The standard InChI is InChI=1S/C8H10F8S2/c1-5(9,3-7(11,12)13)17-18-6(2,10)4-8(14,15)16/h3-4H2,1-2H3. The zero-order valence-corrected chi connectivity index (χ0v) is 10.9. The zero-order chi connectivity index (χ0) is 14.8. The van der Waals surface area contributed by atoms with Crippen molar-refractivity contribution in [1.29, 1.82) is 0 Å². The van der Waals surface area contributed by atoms with E-state index in [2.05, 4.69) is 0 Å². The first-order valence-corrected chi connectivity index (χ1v) is 6.65. The summed E-state index contributed by atoms with van der Waals surface area (Å²) in [5.41, 5.74) is 0. The minimum atomic E-state index is -4.81. The summed E-state index contributed by atoms with van der Waals surface area (Å²) in [5, 5.41) is -5.77. The Morgan fingerprint density at radius 3 is 1.00 bits per heavy atom. The molecule has 18 heavy (non-hydrogen) atoms. The lowest BCUT2D eigenvalue weighted by molar-refractivity contribution is -0.149. The molecule has 0 nitrogen and oxygen atoms in total. The Morgan fingerprint density at radius 1 is 0.611 bits per heavy atom. The van der Waals surface area contributed by atoms with Gasteiger partial charge >= 0.3 is 12.4 Å². The lowest BCUT2D eigenvalue weighted by Crippen LogP contribution is -2.26. The Kier molecular flexibility index (Phi) is 5.68. The van der Waals surface area contributed by atoms with Crippen LogP contribution in [0.15, 0.2) is 0 Å². The van der Waals surface area contributed by atoms with Crippen LogP contribution in [0, 0.1) is 0 Å². The first kappa shape index (κ1) is 18.1. The van der Waals surface area contributed by atoms with Crippen molar-refractivity contribution in [3.8, 4) is 0 Å². The Bertz CT molecular complexity index is 239. The molecule has 0 saturated heterocycles. The summed E-state index contributed by atoms with van der Waals surface area (Å²) in [7, 11) is -0.384. The van der Waals surface area contributed by atoms with Gasteiger partial charge in [-0.05, 0) is 35.4 Å². The Balaban J connectivity index is 4.38. The minimum absolute atomic E-state index is 0.192. The predicted molar refractivity (Wildman–Crippen MR) is 55.6 cm³/mol. The second-order valence-electron chi connectivity index (χ2n) is 3.95. The second-order valence-corrected chi connectivity index (χ2v) is 6.99. The molecule has 0 fully saturated rings. The Morgan fingerprint density at radius 2 is 0.833 bits per heavy atom. The van der Waals surface area contributed by atoms with E-state index in [1.807, 2.05) is 0 Å². The van der Waals surface area contributed by atoms with Gasteiger partial charge in [-0.3, -0.25) is 0 Å². The van der Waals surface area contributed by atoms with Crippen LogP contribution in [-0.2, 0) is 0 Å². The van der Waals surface area contributed by atoms with E-state index in [9.17, 15) is 35.1 Å². The molecule has 2 atom stereocenters. The quantitative estimate of drug-likeness (QED) is 0.474. The minimum Gasteiger partial charge on any atom is -0.231 e. The van der Waals surface area contributed by atoms with Gasteiger partial charge < -0.3 is 0 Å². The maximum Gasteiger partial charge on any atom is 0.393 e. The van der Waals surface area contributed by atoms with E-state index in [4.69, 9.17) is 0 Å². The van der Waals surface area contributed by atoms with Gasteiger partial charge in [-0.15, -0.1) is 0 Å². The van der Waals surface area contributed by atoms with Gasteiger partial charge in [0, 0.05) is 0 Å². The van der Waals surface area contributed by atoms with Crippen molar-refractivity contribution in [2.45, 2.75) is 49.0 Å². The van der Waals surface area contributed by atoms with Crippen molar-refractivity contribution >= 4 is 21.6 Å². The van der Waals surface area contributed by atoms with E-state index in [-0.39, 0.29) is 21.6 Å². The van der Waals surface area contributed by atoms with Gasteiger partial charge in [-0.2, -0.15) is 26.3 Å². The predicted octanol–water partition coefficient (Wildman–Crippen LogP) is 5.64. The monoisotopic (exact) mass is 322 g/mol. The molecular weight excluding hydrogens is 312 g/mol. The van der Waals surface area contributed by atoms with E-state index >= 15 is 0 Å². The molecule has 0 radical (unpaired) electrons. The molecule has 0 aliphatic heterocycles. The van der Waals surface area contributed by atoms with Crippen LogP contribution < -0.4 is 0 Å². The molecule has 0 heterocycles. The molecule has 110 valence electrons. The highest BCUT2D eigenvalue weighted by molar-refractivity contribution is 8.77. The molecule has 0 aromatic heterocycles. The first-order valence-electron chi connectivity index (χ1n) is 4.50. The van der Waals surface area contributed by atoms with Crippen molar-refractivity contribution in [2.24, 2.45) is 0 Å². The third-order valence-corrected chi connectivity index (χ3v) is 4.82. The van der Waals surface area contributed by atoms with Crippen LogP contribution in [0.3, 0.4) is 0 Å². The maximum atomic E-state index is 13.3. The lowest BCUT2D eigenvalue weighted by Gasteiger charge is -2.26. The maximum absolute atomic E-state index is 13.3. The molecule has 0 rings (SSSR count). The van der Waals surface area contributed by atoms with Gasteiger partial charge in [-0.25, -0.2) is 8.78 Å². The van der Waals surface area contributed by atoms with Gasteiger partial charge in [0.2, 0.25) is 0 Å². The molecule has 0 aromatic rings. The molecule has 0 aliphatic rings. The van der Waals surface area contributed by atoms with Crippen LogP contribution in [0.4, 0.5) is 35.1 Å². The SMILES string of the molecule is CC(F)(CC(F)(F)F)SSC(C)(F)CC(F)(F)F. The molecule has 0 aliphatic carbocycles. The molecule has 0 spiro atoms. The van der Waals surface area contributed by atoms with E-state index in [0.29, 0.717) is 13.8 Å². The summed E-state index contributed by atoms with van der Waals surface area (Å²) >= 11 is 0. The van der Waals surface area contributed by atoms with Crippen LogP contribution in [0.5, 0.6) is 0 Å². The van der Waals surface area contributed by atoms with E-state index in [1.165, 1.54) is 0 Å². The highest BCUT2D eigenvalue weighted by Gasteiger charge is 2.45. The van der Waals surface area contributed by atoms with Crippen molar-refractivity contribution in [3.05, 3.63) is 0 Å². The third-order valence-electron chi connectivity index (χ3n) is 1.42. The van der Waals surface area contributed by atoms with Crippen molar-refractivity contribution in [1.82, 2.24) is 0 Å². The van der Waals surface area contributed by atoms with Gasteiger partial charge in [0.15, 0.2) is 10.0 Å². The van der Waals surface area contributed by atoms with Crippen molar-refractivity contribution < 1.29 is 35.1 Å². The average molecular weight is 322 g/mol. The molecule has 10 heteroatoms. The highest BCUT2D eigenvalue weighted by Crippen LogP contribution is 2.51. The lowest BCUT2D eigenvalue weighted by atomic mass is 10.3. The molecule has 0 bridgehead atoms. The van der Waals surface area contributed by atoms with Gasteiger partial charge in [-0.1, -0.05) is 0 Å². The normalized spacial score (nSPS) is 20.3. The fourth-order valence-electron chi connectivity index (χ4n) is 0.949. The zero-order valence-electron chi connectivity index (χ0n) is 9.25. The molecule has 0 amide bonds. The molecule has 0 saturated carbocycles. The van der Waals surface area contributed by atoms with Crippen molar-refractivity contribution in [3.63, 3.8) is 0 Å². The fraction of sp³-hybridized carbons (Fsp3) is 1.00. The summed E-state index contributed by atoms with van der Waals surface area (Å²) < 4.78 is 98.1. The molecule has 0 aromatic carbocycles. The molecular formula is C8H10F8S2. The number of hydrogen-bond donors (Lipinski definition) is 0. The Hall–Kier alpha value is 0.140. The number of alkyl halides is 8. The fourth-order valence-corrected chi connectivity index (χ4v) is 3.14. The number of rotatable bonds is 5. The van der Waals surface area contributed by atoms with Gasteiger partial charge in [0.05, 0.1) is 12.8 Å².